The van der Waals surface area contributed by atoms with Crippen LogP contribution in [0.5, 0.6) is 0 Å². The van der Waals surface area contributed by atoms with Gasteiger partial charge in [0, 0.05) is 23.4 Å². The van der Waals surface area contributed by atoms with E-state index in [-0.39, 0.29) is 5.91 Å². The Morgan fingerprint density at radius 2 is 1.55 bits per heavy atom. The van der Waals surface area contributed by atoms with Crippen LogP contribution >= 0.6 is 0 Å². The first-order valence-corrected chi connectivity index (χ1v) is 10.4. The van der Waals surface area contributed by atoms with Gasteiger partial charge in [-0.2, -0.15) is 0 Å². The van der Waals surface area contributed by atoms with Crippen molar-refractivity contribution in [3.8, 4) is 11.3 Å². The van der Waals surface area contributed by atoms with E-state index in [1.165, 1.54) is 5.56 Å². The van der Waals surface area contributed by atoms with Gasteiger partial charge in [0.2, 0.25) is 0 Å². The number of benzene rings is 3. The summed E-state index contributed by atoms with van der Waals surface area (Å²) in [5.74, 6) is 0.544. The molecule has 0 fully saturated rings. The minimum absolute atomic E-state index is 0.0813. The number of hydrogen-bond donors (Lipinski definition) is 2. The molecule has 1 aromatic heterocycles. The lowest BCUT2D eigenvalue weighted by atomic mass is 10.1. The third-order valence-corrected chi connectivity index (χ3v) is 4.90. The van der Waals surface area contributed by atoms with Crippen molar-refractivity contribution in [1.29, 1.82) is 0 Å². The van der Waals surface area contributed by atoms with E-state index >= 15 is 0 Å². The molecule has 0 aliphatic rings. The van der Waals surface area contributed by atoms with Crippen LogP contribution in [0.4, 0.5) is 11.5 Å². The van der Waals surface area contributed by atoms with Crippen molar-refractivity contribution in [3.05, 3.63) is 108 Å². The van der Waals surface area contributed by atoms with E-state index in [0.29, 0.717) is 17.9 Å². The number of nitrogens with one attached hydrogen (secondary N) is 2. The molecule has 4 rings (SSSR count). The molecule has 154 valence electrons. The molecule has 31 heavy (non-hydrogen) atoms. The first kappa shape index (κ1) is 20.3. The van der Waals surface area contributed by atoms with E-state index in [9.17, 15) is 4.79 Å². The second-order valence-corrected chi connectivity index (χ2v) is 7.22. The number of carbonyl (C=O) groups excluding carboxylic acids is 1. The van der Waals surface area contributed by atoms with Crippen LogP contribution in [0.15, 0.2) is 97.1 Å². The molecule has 0 aliphatic carbocycles. The van der Waals surface area contributed by atoms with E-state index in [0.717, 1.165) is 29.8 Å². The van der Waals surface area contributed by atoms with Gasteiger partial charge in [-0.3, -0.25) is 4.79 Å². The maximum absolute atomic E-state index is 12.5. The smallest absolute Gasteiger partial charge is 0.251 e. The minimum Gasteiger partial charge on any atom is -0.352 e. The maximum Gasteiger partial charge on any atom is 0.251 e. The van der Waals surface area contributed by atoms with E-state index < -0.39 is 0 Å². The molecule has 0 spiro atoms. The van der Waals surface area contributed by atoms with E-state index in [1.54, 1.807) is 0 Å². The highest BCUT2D eigenvalue weighted by Gasteiger charge is 2.07. The number of aryl methyl sites for hydroxylation is 1. The Hall–Kier alpha value is -3.99. The molecule has 0 saturated carbocycles. The fourth-order valence-electron chi connectivity index (χ4n) is 3.29. The SMILES string of the molecule is O=C(NCCCc1ccccc1)c1cccc(Nc2ccc(-c3ccccc3)nn2)c1. The number of amides is 1. The molecular weight excluding hydrogens is 384 g/mol. The number of rotatable bonds is 8. The monoisotopic (exact) mass is 408 g/mol. The Balaban J connectivity index is 1.32. The van der Waals surface area contributed by atoms with Gasteiger partial charge in [0.05, 0.1) is 5.69 Å². The predicted octanol–water partition coefficient (Wildman–Crippen LogP) is 5.25. The van der Waals surface area contributed by atoms with Gasteiger partial charge < -0.3 is 10.6 Å². The molecule has 1 amide bonds. The maximum atomic E-state index is 12.5. The lowest BCUT2D eigenvalue weighted by molar-refractivity contribution is 0.0953. The predicted molar refractivity (Wildman–Crippen MR) is 124 cm³/mol. The Kier molecular flexibility index (Phi) is 6.65. The van der Waals surface area contributed by atoms with Gasteiger partial charge >= 0.3 is 0 Å². The van der Waals surface area contributed by atoms with Crippen molar-refractivity contribution < 1.29 is 4.79 Å². The summed E-state index contributed by atoms with van der Waals surface area (Å²) in [7, 11) is 0. The first-order valence-electron chi connectivity index (χ1n) is 10.4. The molecule has 2 N–H and O–H groups in total. The highest BCUT2D eigenvalue weighted by atomic mass is 16.1. The standard InChI is InChI=1S/C26H24N4O/c31-26(27-18-8-11-20-9-3-1-4-10-20)22-14-7-15-23(19-22)28-25-17-16-24(29-30-25)21-12-5-2-6-13-21/h1-7,9-10,12-17,19H,8,11,18H2,(H,27,31)(H,28,30). The van der Waals surface area contributed by atoms with Crippen LogP contribution in [-0.4, -0.2) is 22.6 Å². The first-order chi connectivity index (χ1) is 15.3. The number of anilines is 2. The van der Waals surface area contributed by atoms with Crippen LogP contribution < -0.4 is 10.6 Å². The van der Waals surface area contributed by atoms with Gasteiger partial charge in [-0.15, -0.1) is 10.2 Å². The highest BCUT2D eigenvalue weighted by molar-refractivity contribution is 5.95. The Morgan fingerprint density at radius 1 is 0.774 bits per heavy atom. The van der Waals surface area contributed by atoms with Crippen molar-refractivity contribution in [2.45, 2.75) is 12.8 Å². The Morgan fingerprint density at radius 3 is 2.29 bits per heavy atom. The average Bonchev–Trinajstić information content (AvgIpc) is 2.83. The summed E-state index contributed by atoms with van der Waals surface area (Å²) in [6.45, 7) is 0.637. The fraction of sp³-hybridized carbons (Fsp3) is 0.115. The quantitative estimate of drug-likeness (QED) is 0.391. The van der Waals surface area contributed by atoms with E-state index in [1.807, 2.05) is 84.9 Å². The molecule has 0 atom stereocenters. The zero-order valence-corrected chi connectivity index (χ0v) is 17.2. The van der Waals surface area contributed by atoms with Gasteiger partial charge in [0.15, 0.2) is 5.82 Å². The zero-order chi connectivity index (χ0) is 21.3. The fourth-order valence-corrected chi connectivity index (χ4v) is 3.29. The molecule has 0 unspecified atom stereocenters. The third-order valence-electron chi connectivity index (χ3n) is 4.90. The summed E-state index contributed by atoms with van der Waals surface area (Å²) in [5.41, 5.74) is 4.52. The van der Waals surface area contributed by atoms with Gasteiger partial charge in [-0.05, 0) is 48.7 Å². The van der Waals surface area contributed by atoms with E-state index in [4.69, 9.17) is 0 Å². The zero-order valence-electron chi connectivity index (χ0n) is 17.2. The summed E-state index contributed by atoms with van der Waals surface area (Å²) in [6, 6.07) is 31.4. The second-order valence-electron chi connectivity index (χ2n) is 7.22. The molecule has 0 saturated heterocycles. The summed E-state index contributed by atoms with van der Waals surface area (Å²) in [5, 5.41) is 14.7. The topological polar surface area (TPSA) is 66.9 Å². The van der Waals surface area contributed by atoms with Crippen LogP contribution in [-0.2, 0) is 6.42 Å². The molecule has 5 nitrogen and oxygen atoms in total. The average molecular weight is 409 g/mol. The van der Waals surface area contributed by atoms with Gasteiger partial charge in [-0.1, -0.05) is 66.7 Å². The van der Waals surface area contributed by atoms with E-state index in [2.05, 4.69) is 33.0 Å². The van der Waals surface area contributed by atoms with Crippen LogP contribution in [0.2, 0.25) is 0 Å². The number of aromatic nitrogens is 2. The molecule has 4 aromatic rings. The van der Waals surface area contributed by atoms with Crippen LogP contribution in [0.3, 0.4) is 0 Å². The summed E-state index contributed by atoms with van der Waals surface area (Å²) in [4.78, 5) is 12.5. The van der Waals surface area contributed by atoms with Gasteiger partial charge in [-0.25, -0.2) is 0 Å². The lowest BCUT2D eigenvalue weighted by Gasteiger charge is -2.09. The third kappa shape index (κ3) is 5.76. The van der Waals surface area contributed by atoms with Crippen LogP contribution in [0.1, 0.15) is 22.3 Å². The van der Waals surface area contributed by atoms with Crippen LogP contribution in [0, 0.1) is 0 Å². The van der Waals surface area contributed by atoms with Crippen molar-refractivity contribution >= 4 is 17.4 Å². The van der Waals surface area contributed by atoms with Gasteiger partial charge in [0.25, 0.3) is 5.91 Å². The summed E-state index contributed by atoms with van der Waals surface area (Å²) in [6.07, 6.45) is 1.84. The van der Waals surface area contributed by atoms with Gasteiger partial charge in [0.1, 0.15) is 0 Å². The molecule has 0 bridgehead atoms. The minimum atomic E-state index is -0.0813. The summed E-state index contributed by atoms with van der Waals surface area (Å²) >= 11 is 0. The molecule has 1 heterocycles. The number of hydrogen-bond acceptors (Lipinski definition) is 4. The van der Waals surface area contributed by atoms with Crippen molar-refractivity contribution in [2.24, 2.45) is 0 Å². The molecule has 5 heteroatoms. The molecule has 3 aromatic carbocycles. The van der Waals surface area contributed by atoms with Crippen LogP contribution in [0.25, 0.3) is 11.3 Å². The number of carbonyl (C=O) groups is 1. The molecular formula is C26H24N4O. The Bertz CT molecular complexity index is 1110. The van der Waals surface area contributed by atoms with Crippen molar-refractivity contribution in [1.82, 2.24) is 15.5 Å². The largest absolute Gasteiger partial charge is 0.352 e. The molecule has 0 radical (unpaired) electrons. The van der Waals surface area contributed by atoms with Crippen molar-refractivity contribution in [3.63, 3.8) is 0 Å². The highest BCUT2D eigenvalue weighted by Crippen LogP contribution is 2.19. The lowest BCUT2D eigenvalue weighted by Crippen LogP contribution is -2.24. The van der Waals surface area contributed by atoms with Crippen molar-refractivity contribution in [2.75, 3.05) is 11.9 Å². The number of nitrogens with zero attached hydrogens (tertiary/aromatic N) is 2. The summed E-state index contributed by atoms with van der Waals surface area (Å²) < 4.78 is 0. The Labute approximate surface area is 182 Å². The molecule has 0 aliphatic heterocycles. The second kappa shape index (κ2) is 10.2. The normalized spacial score (nSPS) is 10.5.